The summed E-state index contributed by atoms with van der Waals surface area (Å²) in [7, 11) is 1.46. The van der Waals surface area contributed by atoms with Crippen LogP contribution in [0.5, 0.6) is 5.75 Å². The molecule has 1 heterocycles. The molecule has 1 atom stereocenters. The predicted molar refractivity (Wildman–Crippen MR) is 53.4 cm³/mol. The van der Waals surface area contributed by atoms with Crippen LogP contribution in [0.2, 0.25) is 0 Å². The van der Waals surface area contributed by atoms with Crippen LogP contribution in [0.3, 0.4) is 0 Å². The molecular weight excluding hydrogens is 219 g/mol. The maximum Gasteiger partial charge on any atom is 0.416 e. The van der Waals surface area contributed by atoms with Crippen molar-refractivity contribution in [1.82, 2.24) is 5.32 Å². The van der Waals surface area contributed by atoms with Gasteiger partial charge in [-0.15, -0.1) is 0 Å². The van der Waals surface area contributed by atoms with Crippen LogP contribution in [0.25, 0.3) is 0 Å². The number of hydrogen-bond acceptors (Lipinski definition) is 2. The van der Waals surface area contributed by atoms with E-state index in [0.717, 1.165) is 25.1 Å². The molecule has 2 rings (SSSR count). The Bertz CT molecular complexity index is 385. The molecule has 5 heteroatoms. The summed E-state index contributed by atoms with van der Waals surface area (Å²) in [5.41, 5.74) is -0.0411. The molecule has 0 spiro atoms. The monoisotopic (exact) mass is 231 g/mol. The molecule has 16 heavy (non-hydrogen) atoms. The van der Waals surface area contributed by atoms with Gasteiger partial charge in [0, 0.05) is 11.6 Å². The Labute approximate surface area is 91.4 Å². The lowest BCUT2D eigenvalue weighted by Crippen LogP contribution is -2.35. The van der Waals surface area contributed by atoms with E-state index in [0.29, 0.717) is 11.3 Å². The maximum atomic E-state index is 12.5. The minimum absolute atomic E-state index is 0.0164. The van der Waals surface area contributed by atoms with E-state index in [4.69, 9.17) is 4.74 Å². The summed E-state index contributed by atoms with van der Waals surface area (Å²) in [5.74, 6) is 0.505. The lowest BCUT2D eigenvalue weighted by atomic mass is 9.95. The number of alkyl halides is 3. The predicted octanol–water partition coefficient (Wildman–Crippen LogP) is 2.75. The van der Waals surface area contributed by atoms with E-state index in [9.17, 15) is 13.2 Å². The maximum absolute atomic E-state index is 12.5. The molecule has 1 saturated heterocycles. The van der Waals surface area contributed by atoms with Crippen molar-refractivity contribution in [2.24, 2.45) is 0 Å². The molecule has 88 valence electrons. The van der Waals surface area contributed by atoms with Crippen LogP contribution in [-0.2, 0) is 6.18 Å². The topological polar surface area (TPSA) is 21.3 Å². The summed E-state index contributed by atoms with van der Waals surface area (Å²) in [6, 6.07) is 3.56. The zero-order valence-electron chi connectivity index (χ0n) is 8.77. The number of ether oxygens (including phenoxy) is 1. The Morgan fingerprint density at radius 3 is 2.50 bits per heavy atom. The summed E-state index contributed by atoms with van der Waals surface area (Å²) in [5, 5.41) is 3.07. The highest BCUT2D eigenvalue weighted by molar-refractivity contribution is 5.41. The van der Waals surface area contributed by atoms with Crippen LogP contribution in [0.1, 0.15) is 23.6 Å². The first-order valence-corrected chi connectivity index (χ1v) is 5.01. The van der Waals surface area contributed by atoms with Crippen molar-refractivity contribution < 1.29 is 17.9 Å². The highest BCUT2D eigenvalue weighted by Crippen LogP contribution is 2.37. The Morgan fingerprint density at radius 1 is 1.38 bits per heavy atom. The van der Waals surface area contributed by atoms with Crippen LogP contribution in [0.15, 0.2) is 18.2 Å². The molecule has 2 nitrogen and oxygen atoms in total. The summed E-state index contributed by atoms with van der Waals surface area (Å²) in [6.07, 6.45) is -3.46. The van der Waals surface area contributed by atoms with Crippen LogP contribution in [-0.4, -0.2) is 13.7 Å². The van der Waals surface area contributed by atoms with Gasteiger partial charge in [0.1, 0.15) is 5.75 Å². The van der Waals surface area contributed by atoms with E-state index >= 15 is 0 Å². The minimum atomic E-state index is -4.30. The standard InChI is InChI=1S/C11H12F3NO/c1-16-10-3-2-7(11(12,13)14)6-8(10)9-4-5-15-9/h2-3,6,9,15H,4-5H2,1H3. The van der Waals surface area contributed by atoms with Crippen LogP contribution in [0, 0.1) is 0 Å². The summed E-state index contributed by atoms with van der Waals surface area (Å²) in [4.78, 5) is 0. The zero-order valence-corrected chi connectivity index (χ0v) is 8.77. The van der Waals surface area contributed by atoms with Gasteiger partial charge < -0.3 is 10.1 Å². The molecule has 1 aromatic carbocycles. The van der Waals surface area contributed by atoms with Crippen molar-refractivity contribution in [1.29, 1.82) is 0 Å². The summed E-state index contributed by atoms with van der Waals surface area (Å²) in [6.45, 7) is 0.837. The van der Waals surface area contributed by atoms with Crippen molar-refractivity contribution in [3.8, 4) is 5.75 Å². The third-order valence-corrected chi connectivity index (χ3v) is 2.76. The number of hydrogen-bond donors (Lipinski definition) is 1. The van der Waals surface area contributed by atoms with E-state index in [-0.39, 0.29) is 6.04 Å². The number of methoxy groups -OCH3 is 1. The average molecular weight is 231 g/mol. The van der Waals surface area contributed by atoms with Crippen LogP contribution in [0.4, 0.5) is 13.2 Å². The highest BCUT2D eigenvalue weighted by Gasteiger charge is 2.32. The zero-order chi connectivity index (χ0) is 11.8. The van der Waals surface area contributed by atoms with E-state index in [1.165, 1.54) is 13.2 Å². The molecule has 0 radical (unpaired) electrons. The molecule has 0 aliphatic carbocycles. The fourth-order valence-corrected chi connectivity index (χ4v) is 1.74. The van der Waals surface area contributed by atoms with Gasteiger partial charge in [-0.25, -0.2) is 0 Å². The van der Waals surface area contributed by atoms with Crippen molar-refractivity contribution in [3.63, 3.8) is 0 Å². The van der Waals surface area contributed by atoms with Crippen molar-refractivity contribution in [2.75, 3.05) is 13.7 Å². The first-order valence-electron chi connectivity index (χ1n) is 5.01. The van der Waals surface area contributed by atoms with E-state index in [1.54, 1.807) is 0 Å². The molecule has 1 aliphatic heterocycles. The largest absolute Gasteiger partial charge is 0.496 e. The van der Waals surface area contributed by atoms with Gasteiger partial charge in [-0.1, -0.05) is 0 Å². The van der Waals surface area contributed by atoms with Crippen LogP contribution < -0.4 is 10.1 Å². The normalized spacial score (nSPS) is 20.4. The lowest BCUT2D eigenvalue weighted by molar-refractivity contribution is -0.137. The number of rotatable bonds is 2. The molecule has 0 amide bonds. The first kappa shape index (κ1) is 11.3. The fourth-order valence-electron chi connectivity index (χ4n) is 1.74. The van der Waals surface area contributed by atoms with Gasteiger partial charge in [-0.05, 0) is 31.2 Å². The molecule has 1 unspecified atom stereocenters. The second-order valence-corrected chi connectivity index (χ2v) is 3.75. The van der Waals surface area contributed by atoms with Crippen molar-refractivity contribution in [3.05, 3.63) is 29.3 Å². The molecule has 0 aromatic heterocycles. The Morgan fingerprint density at radius 2 is 2.06 bits per heavy atom. The summed E-state index contributed by atoms with van der Waals surface area (Å²) < 4.78 is 42.6. The van der Waals surface area contributed by atoms with Gasteiger partial charge in [0.15, 0.2) is 0 Å². The second-order valence-electron chi connectivity index (χ2n) is 3.75. The van der Waals surface area contributed by atoms with Crippen molar-refractivity contribution >= 4 is 0 Å². The first-order chi connectivity index (χ1) is 7.52. The average Bonchev–Trinajstić information content (AvgIpc) is 2.13. The quantitative estimate of drug-likeness (QED) is 0.845. The third-order valence-electron chi connectivity index (χ3n) is 2.76. The Kier molecular flexibility index (Phi) is 2.80. The SMILES string of the molecule is COc1ccc(C(F)(F)F)cc1C1CCN1. The molecule has 1 aliphatic rings. The van der Waals surface area contributed by atoms with Gasteiger partial charge in [0.2, 0.25) is 0 Å². The highest BCUT2D eigenvalue weighted by atomic mass is 19.4. The molecular formula is C11H12F3NO. The molecule has 1 aromatic rings. The smallest absolute Gasteiger partial charge is 0.416 e. The van der Waals surface area contributed by atoms with Crippen molar-refractivity contribution in [2.45, 2.75) is 18.6 Å². The Balaban J connectivity index is 2.38. The van der Waals surface area contributed by atoms with E-state index in [1.807, 2.05) is 0 Å². The number of benzene rings is 1. The minimum Gasteiger partial charge on any atom is -0.496 e. The number of halogens is 3. The third kappa shape index (κ3) is 2.00. The van der Waals surface area contributed by atoms with Gasteiger partial charge in [-0.2, -0.15) is 13.2 Å². The second kappa shape index (κ2) is 3.97. The van der Waals surface area contributed by atoms with Gasteiger partial charge in [0.25, 0.3) is 0 Å². The summed E-state index contributed by atoms with van der Waals surface area (Å²) >= 11 is 0. The van der Waals surface area contributed by atoms with E-state index in [2.05, 4.69) is 5.32 Å². The van der Waals surface area contributed by atoms with Gasteiger partial charge in [-0.3, -0.25) is 0 Å². The molecule has 1 N–H and O–H groups in total. The molecule has 1 fully saturated rings. The van der Waals surface area contributed by atoms with Gasteiger partial charge >= 0.3 is 6.18 Å². The number of nitrogens with one attached hydrogen (secondary N) is 1. The molecule has 0 bridgehead atoms. The molecule has 0 saturated carbocycles. The van der Waals surface area contributed by atoms with Gasteiger partial charge in [0.05, 0.1) is 12.7 Å². The Hall–Kier alpha value is -1.23. The van der Waals surface area contributed by atoms with E-state index < -0.39 is 11.7 Å². The fraction of sp³-hybridized carbons (Fsp3) is 0.455. The van der Waals surface area contributed by atoms with Crippen LogP contribution >= 0.6 is 0 Å². The lowest BCUT2D eigenvalue weighted by Gasteiger charge is -2.29.